The van der Waals surface area contributed by atoms with Gasteiger partial charge < -0.3 is 10.6 Å². The van der Waals surface area contributed by atoms with E-state index >= 15 is 0 Å². The summed E-state index contributed by atoms with van der Waals surface area (Å²) in [6, 6.07) is 0. The summed E-state index contributed by atoms with van der Waals surface area (Å²) in [5.41, 5.74) is 1.42. The summed E-state index contributed by atoms with van der Waals surface area (Å²) < 4.78 is 0. The Morgan fingerprint density at radius 1 is 1.44 bits per heavy atom. The monoisotopic (exact) mass is 220 g/mol. The number of nitrogens with zero attached hydrogens (tertiary/aromatic N) is 2. The van der Waals surface area contributed by atoms with E-state index in [1.165, 1.54) is 12.8 Å². The van der Waals surface area contributed by atoms with E-state index in [0.29, 0.717) is 5.41 Å². The second-order valence-electron chi connectivity index (χ2n) is 5.03. The zero-order chi connectivity index (χ0) is 11.4. The van der Waals surface area contributed by atoms with Crippen LogP contribution < -0.4 is 10.6 Å². The summed E-state index contributed by atoms with van der Waals surface area (Å²) in [6.45, 7) is 7.46. The number of piperidine rings is 1. The first-order valence-electron chi connectivity index (χ1n) is 5.91. The first kappa shape index (κ1) is 11.3. The second-order valence-corrected chi connectivity index (χ2v) is 5.03. The average Bonchev–Trinajstić information content (AvgIpc) is 2.29. The van der Waals surface area contributed by atoms with E-state index in [0.717, 1.165) is 31.1 Å². The molecule has 1 aliphatic heterocycles. The molecule has 0 bridgehead atoms. The van der Waals surface area contributed by atoms with Crippen LogP contribution in [0.2, 0.25) is 0 Å². The van der Waals surface area contributed by atoms with Crippen LogP contribution in [-0.2, 0) is 0 Å². The quantitative estimate of drug-likeness (QED) is 0.812. The summed E-state index contributed by atoms with van der Waals surface area (Å²) in [5, 5.41) is 6.76. The van der Waals surface area contributed by atoms with Crippen LogP contribution >= 0.6 is 0 Å². The third-order valence-corrected chi connectivity index (χ3v) is 3.14. The van der Waals surface area contributed by atoms with Crippen LogP contribution in [0.3, 0.4) is 0 Å². The first-order chi connectivity index (χ1) is 7.68. The van der Waals surface area contributed by atoms with E-state index < -0.39 is 0 Å². The molecule has 0 amide bonds. The molecule has 0 saturated carbocycles. The molecule has 4 heteroatoms. The van der Waals surface area contributed by atoms with Gasteiger partial charge >= 0.3 is 0 Å². The molecule has 1 atom stereocenters. The Morgan fingerprint density at radius 3 is 2.81 bits per heavy atom. The molecule has 1 unspecified atom stereocenters. The van der Waals surface area contributed by atoms with Gasteiger partial charge in [0.25, 0.3) is 0 Å². The van der Waals surface area contributed by atoms with Crippen LogP contribution in [0.25, 0.3) is 0 Å². The van der Waals surface area contributed by atoms with E-state index in [4.69, 9.17) is 0 Å². The van der Waals surface area contributed by atoms with Crippen molar-refractivity contribution in [1.29, 1.82) is 0 Å². The van der Waals surface area contributed by atoms with E-state index in [1.807, 2.05) is 19.3 Å². The SMILES string of the molecule is Cc1cnc(NCC2(C)CCCNC2)nc1. The molecule has 0 aromatic carbocycles. The maximum absolute atomic E-state index is 4.25. The number of aryl methyl sites for hydroxylation is 1. The summed E-state index contributed by atoms with van der Waals surface area (Å²) in [6.07, 6.45) is 6.21. The van der Waals surface area contributed by atoms with Gasteiger partial charge in [0, 0.05) is 25.5 Å². The van der Waals surface area contributed by atoms with Crippen LogP contribution in [0.15, 0.2) is 12.4 Å². The summed E-state index contributed by atoms with van der Waals surface area (Å²) in [4.78, 5) is 8.50. The molecule has 2 rings (SSSR count). The Bertz CT molecular complexity index is 327. The van der Waals surface area contributed by atoms with Gasteiger partial charge in [-0.2, -0.15) is 0 Å². The Labute approximate surface area is 96.9 Å². The van der Waals surface area contributed by atoms with Crippen molar-refractivity contribution in [1.82, 2.24) is 15.3 Å². The lowest BCUT2D eigenvalue weighted by Gasteiger charge is -2.34. The smallest absolute Gasteiger partial charge is 0.222 e. The molecule has 1 saturated heterocycles. The molecule has 2 N–H and O–H groups in total. The molecule has 16 heavy (non-hydrogen) atoms. The molecule has 1 fully saturated rings. The number of hydrogen-bond donors (Lipinski definition) is 2. The van der Waals surface area contributed by atoms with Gasteiger partial charge in [-0.05, 0) is 37.3 Å². The predicted molar refractivity (Wildman–Crippen MR) is 65.5 cm³/mol. The van der Waals surface area contributed by atoms with Crippen LogP contribution in [0.1, 0.15) is 25.3 Å². The Hall–Kier alpha value is -1.16. The highest BCUT2D eigenvalue weighted by molar-refractivity contribution is 5.24. The van der Waals surface area contributed by atoms with Crippen molar-refractivity contribution in [3.8, 4) is 0 Å². The zero-order valence-corrected chi connectivity index (χ0v) is 10.1. The Balaban J connectivity index is 1.88. The third-order valence-electron chi connectivity index (χ3n) is 3.14. The highest BCUT2D eigenvalue weighted by Gasteiger charge is 2.26. The predicted octanol–water partition coefficient (Wildman–Crippen LogP) is 1.59. The zero-order valence-electron chi connectivity index (χ0n) is 10.1. The number of nitrogens with one attached hydrogen (secondary N) is 2. The molecular formula is C12H20N4. The molecule has 2 heterocycles. The van der Waals surface area contributed by atoms with Crippen LogP contribution in [0, 0.1) is 12.3 Å². The molecule has 4 nitrogen and oxygen atoms in total. The van der Waals surface area contributed by atoms with Gasteiger partial charge in [0.1, 0.15) is 0 Å². The van der Waals surface area contributed by atoms with Crippen molar-refractivity contribution in [2.75, 3.05) is 25.0 Å². The fraction of sp³-hybridized carbons (Fsp3) is 0.667. The van der Waals surface area contributed by atoms with E-state index in [9.17, 15) is 0 Å². The Kier molecular flexibility index (Phi) is 3.39. The van der Waals surface area contributed by atoms with Crippen LogP contribution in [0.5, 0.6) is 0 Å². The number of rotatable bonds is 3. The van der Waals surface area contributed by atoms with Crippen molar-refractivity contribution in [2.45, 2.75) is 26.7 Å². The minimum atomic E-state index is 0.326. The molecule has 0 spiro atoms. The van der Waals surface area contributed by atoms with Crippen LogP contribution in [-0.4, -0.2) is 29.6 Å². The fourth-order valence-electron chi connectivity index (χ4n) is 2.05. The maximum Gasteiger partial charge on any atom is 0.222 e. The summed E-state index contributed by atoms with van der Waals surface area (Å²) in [7, 11) is 0. The van der Waals surface area contributed by atoms with Gasteiger partial charge in [-0.15, -0.1) is 0 Å². The molecular weight excluding hydrogens is 200 g/mol. The topological polar surface area (TPSA) is 49.8 Å². The molecule has 88 valence electrons. The third kappa shape index (κ3) is 2.92. The number of hydrogen-bond acceptors (Lipinski definition) is 4. The molecule has 1 aliphatic rings. The van der Waals surface area contributed by atoms with E-state index in [2.05, 4.69) is 27.5 Å². The highest BCUT2D eigenvalue weighted by Crippen LogP contribution is 2.25. The molecule has 0 radical (unpaired) electrons. The molecule has 0 aliphatic carbocycles. The van der Waals surface area contributed by atoms with Gasteiger partial charge in [0.2, 0.25) is 5.95 Å². The van der Waals surface area contributed by atoms with Gasteiger partial charge in [0.05, 0.1) is 0 Å². The minimum Gasteiger partial charge on any atom is -0.354 e. The normalized spacial score (nSPS) is 25.4. The maximum atomic E-state index is 4.25. The van der Waals surface area contributed by atoms with Gasteiger partial charge in [0.15, 0.2) is 0 Å². The largest absolute Gasteiger partial charge is 0.354 e. The van der Waals surface area contributed by atoms with Gasteiger partial charge in [-0.1, -0.05) is 6.92 Å². The van der Waals surface area contributed by atoms with Crippen molar-refractivity contribution >= 4 is 5.95 Å². The Morgan fingerprint density at radius 2 is 2.19 bits per heavy atom. The lowest BCUT2D eigenvalue weighted by atomic mass is 9.83. The van der Waals surface area contributed by atoms with E-state index in [-0.39, 0.29) is 0 Å². The first-order valence-corrected chi connectivity index (χ1v) is 5.91. The molecule has 1 aromatic heterocycles. The molecule has 1 aromatic rings. The van der Waals surface area contributed by atoms with Crippen LogP contribution in [0.4, 0.5) is 5.95 Å². The highest BCUT2D eigenvalue weighted by atomic mass is 15.1. The van der Waals surface area contributed by atoms with Crippen molar-refractivity contribution in [3.63, 3.8) is 0 Å². The standard InChI is InChI=1S/C12H20N4/c1-10-6-14-11(15-7-10)16-9-12(2)4-3-5-13-8-12/h6-7,13H,3-5,8-9H2,1-2H3,(H,14,15,16). The fourth-order valence-corrected chi connectivity index (χ4v) is 2.05. The van der Waals surface area contributed by atoms with E-state index in [1.54, 1.807) is 0 Å². The summed E-state index contributed by atoms with van der Waals surface area (Å²) >= 11 is 0. The number of anilines is 1. The summed E-state index contributed by atoms with van der Waals surface area (Å²) in [5.74, 6) is 0.734. The van der Waals surface area contributed by atoms with Crippen molar-refractivity contribution in [3.05, 3.63) is 18.0 Å². The number of aromatic nitrogens is 2. The average molecular weight is 220 g/mol. The lowest BCUT2D eigenvalue weighted by molar-refractivity contribution is 0.253. The minimum absolute atomic E-state index is 0.326. The lowest BCUT2D eigenvalue weighted by Crippen LogP contribution is -2.42. The van der Waals surface area contributed by atoms with Crippen molar-refractivity contribution < 1.29 is 0 Å². The van der Waals surface area contributed by atoms with Gasteiger partial charge in [-0.3, -0.25) is 0 Å². The second kappa shape index (κ2) is 4.78. The van der Waals surface area contributed by atoms with Gasteiger partial charge in [-0.25, -0.2) is 9.97 Å². The van der Waals surface area contributed by atoms with Crippen molar-refractivity contribution in [2.24, 2.45) is 5.41 Å².